The van der Waals surface area contributed by atoms with Crippen LogP contribution in [0.1, 0.15) is 26.2 Å². The van der Waals surface area contributed by atoms with Crippen molar-refractivity contribution in [1.82, 2.24) is 5.32 Å². The molecule has 3 atom stereocenters. The van der Waals surface area contributed by atoms with Gasteiger partial charge >= 0.3 is 5.97 Å². The zero-order chi connectivity index (χ0) is 9.97. The monoisotopic (exact) mass is 197 g/mol. The van der Waals surface area contributed by atoms with Crippen molar-refractivity contribution in [3.8, 4) is 0 Å². The summed E-state index contributed by atoms with van der Waals surface area (Å²) in [6, 6.07) is 0. The number of carbonyl (C=O) groups excluding carboxylic acids is 1. The van der Waals surface area contributed by atoms with Crippen LogP contribution in [0.4, 0.5) is 0 Å². The summed E-state index contributed by atoms with van der Waals surface area (Å²) in [5.41, 5.74) is 0. The van der Waals surface area contributed by atoms with Gasteiger partial charge in [-0.05, 0) is 50.6 Å². The number of nitrogens with one attached hydrogen (secondary N) is 1. The highest BCUT2D eigenvalue weighted by atomic mass is 16.5. The van der Waals surface area contributed by atoms with E-state index in [1.807, 2.05) is 6.92 Å². The molecule has 0 spiro atoms. The maximum atomic E-state index is 11.3. The van der Waals surface area contributed by atoms with Crippen LogP contribution in [0.15, 0.2) is 0 Å². The van der Waals surface area contributed by atoms with Gasteiger partial charge in [0.15, 0.2) is 0 Å². The molecule has 3 heteroatoms. The van der Waals surface area contributed by atoms with Crippen LogP contribution < -0.4 is 5.32 Å². The normalized spacial score (nSPS) is 35.6. The first-order chi connectivity index (χ1) is 6.79. The third-order valence-corrected chi connectivity index (χ3v) is 3.51. The van der Waals surface area contributed by atoms with Gasteiger partial charge in [-0.25, -0.2) is 0 Å². The summed E-state index contributed by atoms with van der Waals surface area (Å²) in [6.45, 7) is 4.63. The topological polar surface area (TPSA) is 38.3 Å². The summed E-state index contributed by atoms with van der Waals surface area (Å²) < 4.78 is 4.99. The number of piperidine rings is 1. The Hall–Kier alpha value is -0.570. The summed E-state index contributed by atoms with van der Waals surface area (Å²) in [7, 11) is 0. The quantitative estimate of drug-likeness (QED) is 0.691. The van der Waals surface area contributed by atoms with Crippen molar-refractivity contribution < 1.29 is 9.53 Å². The Bertz CT molecular complexity index is 217. The third kappa shape index (κ3) is 2.08. The molecular formula is C11H19NO2. The van der Waals surface area contributed by atoms with Crippen molar-refractivity contribution in [1.29, 1.82) is 0 Å². The van der Waals surface area contributed by atoms with E-state index < -0.39 is 0 Å². The van der Waals surface area contributed by atoms with E-state index in [1.165, 1.54) is 12.8 Å². The summed E-state index contributed by atoms with van der Waals surface area (Å²) in [5, 5.41) is 3.43. The van der Waals surface area contributed by atoms with Crippen LogP contribution in [0.2, 0.25) is 0 Å². The molecule has 80 valence electrons. The molecule has 14 heavy (non-hydrogen) atoms. The molecule has 0 radical (unpaired) electrons. The highest BCUT2D eigenvalue weighted by molar-refractivity contribution is 5.69. The van der Waals surface area contributed by atoms with Crippen molar-refractivity contribution in [3.05, 3.63) is 0 Å². The number of fused-ring (bicyclic) bond motifs is 2. The van der Waals surface area contributed by atoms with Crippen LogP contribution in [0, 0.1) is 17.8 Å². The van der Waals surface area contributed by atoms with E-state index >= 15 is 0 Å². The molecule has 0 aromatic rings. The molecule has 2 fully saturated rings. The van der Waals surface area contributed by atoms with Gasteiger partial charge in [0.05, 0.1) is 6.61 Å². The molecule has 1 saturated carbocycles. The SMILES string of the molecule is CCOC(=O)C[C@@H]1C[C@@H]2CNC[C@H]1C2. The Kier molecular flexibility index (Phi) is 3.06. The fourth-order valence-corrected chi connectivity index (χ4v) is 2.91. The van der Waals surface area contributed by atoms with Crippen molar-refractivity contribution in [2.45, 2.75) is 26.2 Å². The summed E-state index contributed by atoms with van der Waals surface area (Å²) in [6.07, 6.45) is 3.17. The van der Waals surface area contributed by atoms with Crippen molar-refractivity contribution in [2.24, 2.45) is 17.8 Å². The van der Waals surface area contributed by atoms with Gasteiger partial charge in [0.2, 0.25) is 0 Å². The lowest BCUT2D eigenvalue weighted by Gasteiger charge is -2.21. The fraction of sp³-hybridized carbons (Fsp3) is 0.909. The standard InChI is InChI=1S/C11H19NO2/c1-2-14-11(13)5-9-3-8-4-10(9)7-12-6-8/h8-10,12H,2-7H2,1H3/t8-,9-,10+/m0/s1. The Morgan fingerprint density at radius 3 is 3.00 bits per heavy atom. The van der Waals surface area contributed by atoms with E-state index in [0.717, 1.165) is 24.9 Å². The molecule has 0 aromatic heterocycles. The minimum atomic E-state index is -0.00921. The van der Waals surface area contributed by atoms with Gasteiger partial charge in [0, 0.05) is 6.42 Å². The molecule has 1 N–H and O–H groups in total. The van der Waals surface area contributed by atoms with Gasteiger partial charge < -0.3 is 10.1 Å². The van der Waals surface area contributed by atoms with Crippen LogP contribution in [0.5, 0.6) is 0 Å². The second-order valence-electron chi connectivity index (χ2n) is 4.52. The van der Waals surface area contributed by atoms with E-state index in [9.17, 15) is 4.79 Å². The van der Waals surface area contributed by atoms with Gasteiger partial charge in [0.25, 0.3) is 0 Å². The summed E-state index contributed by atoms with van der Waals surface area (Å²) in [5.74, 6) is 2.10. The number of hydrogen-bond acceptors (Lipinski definition) is 3. The highest BCUT2D eigenvalue weighted by Gasteiger charge is 2.37. The summed E-state index contributed by atoms with van der Waals surface area (Å²) in [4.78, 5) is 11.3. The van der Waals surface area contributed by atoms with Gasteiger partial charge in [-0.15, -0.1) is 0 Å². The predicted molar refractivity (Wildman–Crippen MR) is 53.8 cm³/mol. The Morgan fingerprint density at radius 1 is 1.43 bits per heavy atom. The zero-order valence-electron chi connectivity index (χ0n) is 8.79. The molecule has 1 saturated heterocycles. The molecular weight excluding hydrogens is 178 g/mol. The fourth-order valence-electron chi connectivity index (χ4n) is 2.91. The minimum absolute atomic E-state index is 0.00921. The largest absolute Gasteiger partial charge is 0.466 e. The van der Waals surface area contributed by atoms with Gasteiger partial charge in [0.1, 0.15) is 0 Å². The first-order valence-corrected chi connectivity index (χ1v) is 5.66. The smallest absolute Gasteiger partial charge is 0.306 e. The Balaban J connectivity index is 1.83. The molecule has 0 amide bonds. The van der Waals surface area contributed by atoms with Crippen LogP contribution >= 0.6 is 0 Å². The lowest BCUT2D eigenvalue weighted by molar-refractivity contribution is -0.144. The number of carbonyl (C=O) groups is 1. The van der Waals surface area contributed by atoms with Crippen LogP contribution in [-0.2, 0) is 9.53 Å². The molecule has 0 unspecified atom stereocenters. The van der Waals surface area contributed by atoms with E-state index in [0.29, 0.717) is 18.9 Å². The van der Waals surface area contributed by atoms with Gasteiger partial charge in [-0.1, -0.05) is 0 Å². The van der Waals surface area contributed by atoms with Gasteiger partial charge in [-0.2, -0.15) is 0 Å². The number of rotatable bonds is 3. The van der Waals surface area contributed by atoms with E-state index in [4.69, 9.17) is 4.74 Å². The van der Waals surface area contributed by atoms with Gasteiger partial charge in [-0.3, -0.25) is 4.79 Å². The number of hydrogen-bond donors (Lipinski definition) is 1. The zero-order valence-corrected chi connectivity index (χ0v) is 8.79. The van der Waals surface area contributed by atoms with E-state index in [1.54, 1.807) is 0 Å². The maximum absolute atomic E-state index is 11.3. The lowest BCUT2D eigenvalue weighted by Crippen LogP contribution is -2.32. The highest BCUT2D eigenvalue weighted by Crippen LogP contribution is 2.40. The van der Waals surface area contributed by atoms with E-state index in [-0.39, 0.29) is 5.97 Å². The first kappa shape index (κ1) is 9.97. The summed E-state index contributed by atoms with van der Waals surface area (Å²) >= 11 is 0. The van der Waals surface area contributed by atoms with Crippen LogP contribution in [0.3, 0.4) is 0 Å². The lowest BCUT2D eigenvalue weighted by atomic mass is 9.93. The molecule has 2 bridgehead atoms. The first-order valence-electron chi connectivity index (χ1n) is 5.66. The van der Waals surface area contributed by atoms with Crippen molar-refractivity contribution in [2.75, 3.05) is 19.7 Å². The molecule has 2 rings (SSSR count). The third-order valence-electron chi connectivity index (χ3n) is 3.51. The molecule has 1 aliphatic heterocycles. The molecule has 2 aliphatic rings. The molecule has 1 heterocycles. The minimum Gasteiger partial charge on any atom is -0.466 e. The Labute approximate surface area is 85.2 Å². The number of esters is 1. The molecule has 1 aliphatic carbocycles. The molecule has 3 nitrogen and oxygen atoms in total. The predicted octanol–water partition coefficient (Wildman–Crippen LogP) is 1.19. The second-order valence-corrected chi connectivity index (χ2v) is 4.52. The number of ether oxygens (including phenoxy) is 1. The average molecular weight is 197 g/mol. The maximum Gasteiger partial charge on any atom is 0.306 e. The Morgan fingerprint density at radius 2 is 2.29 bits per heavy atom. The van der Waals surface area contributed by atoms with Crippen LogP contribution in [-0.4, -0.2) is 25.7 Å². The van der Waals surface area contributed by atoms with Crippen molar-refractivity contribution >= 4 is 5.97 Å². The van der Waals surface area contributed by atoms with Crippen LogP contribution in [0.25, 0.3) is 0 Å². The van der Waals surface area contributed by atoms with Crippen molar-refractivity contribution in [3.63, 3.8) is 0 Å². The molecule has 0 aromatic carbocycles. The second kappa shape index (κ2) is 4.30. The average Bonchev–Trinajstić information content (AvgIpc) is 2.42. The van der Waals surface area contributed by atoms with E-state index in [2.05, 4.69) is 5.32 Å².